The van der Waals surface area contributed by atoms with Gasteiger partial charge in [0, 0.05) is 6.54 Å². The zero-order valence-electron chi connectivity index (χ0n) is 11.4. The highest BCUT2D eigenvalue weighted by molar-refractivity contribution is 7.99. The van der Waals surface area contributed by atoms with Crippen molar-refractivity contribution in [2.75, 3.05) is 31.7 Å². The average Bonchev–Trinajstić information content (AvgIpc) is 2.38. The van der Waals surface area contributed by atoms with Crippen LogP contribution in [0.2, 0.25) is 0 Å². The molecule has 0 saturated carbocycles. The van der Waals surface area contributed by atoms with Gasteiger partial charge >= 0.3 is 6.01 Å². The van der Waals surface area contributed by atoms with E-state index in [1.54, 1.807) is 11.8 Å². The number of nitrogens with zero attached hydrogens (tertiary/aromatic N) is 3. The lowest BCUT2D eigenvalue weighted by atomic mass is 10.4. The monoisotopic (exact) mass is 284 g/mol. The van der Waals surface area contributed by atoms with E-state index in [1.807, 2.05) is 0 Å². The molecule has 7 heteroatoms. The van der Waals surface area contributed by atoms with Gasteiger partial charge in [-0.25, -0.2) is 0 Å². The molecule has 0 aliphatic carbocycles. The molecule has 1 N–H and O–H groups in total. The maximum Gasteiger partial charge on any atom is 0.322 e. The third-order valence-corrected chi connectivity index (χ3v) is 3.44. The van der Waals surface area contributed by atoms with Crippen molar-refractivity contribution >= 4 is 17.7 Å². The second-order valence-electron chi connectivity index (χ2n) is 4.28. The topological polar surface area (TPSA) is 69.2 Å². The van der Waals surface area contributed by atoms with Crippen LogP contribution >= 0.6 is 11.8 Å². The molecular formula is C12H20N4O2S. The molecule has 0 amide bonds. The van der Waals surface area contributed by atoms with E-state index in [1.165, 1.54) is 0 Å². The summed E-state index contributed by atoms with van der Waals surface area (Å²) in [7, 11) is 0. The van der Waals surface area contributed by atoms with Gasteiger partial charge < -0.3 is 14.8 Å². The predicted octanol–water partition coefficient (Wildman–Crippen LogP) is 1.97. The van der Waals surface area contributed by atoms with E-state index in [2.05, 4.69) is 34.1 Å². The summed E-state index contributed by atoms with van der Waals surface area (Å²) in [5.74, 6) is 0.589. The lowest BCUT2D eigenvalue weighted by Gasteiger charge is -2.24. The van der Waals surface area contributed by atoms with Crippen LogP contribution in [-0.4, -0.2) is 46.6 Å². The number of ether oxygens (including phenoxy) is 2. The summed E-state index contributed by atoms with van der Waals surface area (Å²) in [6.07, 6.45) is 1.96. The van der Waals surface area contributed by atoms with Gasteiger partial charge in [-0.2, -0.15) is 15.0 Å². The Morgan fingerprint density at radius 2 is 2.11 bits per heavy atom. The van der Waals surface area contributed by atoms with Gasteiger partial charge in [0.15, 0.2) is 5.16 Å². The van der Waals surface area contributed by atoms with Gasteiger partial charge in [0.2, 0.25) is 5.95 Å². The minimum Gasteiger partial charge on any atom is -0.463 e. The van der Waals surface area contributed by atoms with E-state index >= 15 is 0 Å². The van der Waals surface area contributed by atoms with Crippen molar-refractivity contribution in [1.29, 1.82) is 0 Å². The predicted molar refractivity (Wildman–Crippen MR) is 74.9 cm³/mol. The summed E-state index contributed by atoms with van der Waals surface area (Å²) >= 11 is 1.62. The number of thioether (sulfide) groups is 1. The molecule has 1 saturated heterocycles. The fourth-order valence-corrected chi connectivity index (χ4v) is 2.29. The first-order valence-corrected chi connectivity index (χ1v) is 7.57. The van der Waals surface area contributed by atoms with Gasteiger partial charge in [-0.15, -0.1) is 0 Å². The molecule has 6 nitrogen and oxygen atoms in total. The Labute approximate surface area is 117 Å². The fourth-order valence-electron chi connectivity index (χ4n) is 1.40. The number of nitrogens with one attached hydrogen (secondary N) is 1. The van der Waals surface area contributed by atoms with Gasteiger partial charge in [-0.1, -0.05) is 25.6 Å². The number of hydrogen-bond acceptors (Lipinski definition) is 7. The number of anilines is 1. The van der Waals surface area contributed by atoms with Crippen molar-refractivity contribution in [2.24, 2.45) is 0 Å². The Morgan fingerprint density at radius 1 is 1.26 bits per heavy atom. The highest BCUT2D eigenvalue weighted by Gasteiger charge is 2.22. The molecular weight excluding hydrogens is 264 g/mol. The Hall–Kier alpha value is -1.08. The van der Waals surface area contributed by atoms with E-state index in [0.717, 1.165) is 32.6 Å². The maximum atomic E-state index is 5.50. The van der Waals surface area contributed by atoms with Crippen molar-refractivity contribution in [3.63, 3.8) is 0 Å². The Kier molecular flexibility index (Phi) is 5.65. The zero-order chi connectivity index (χ0) is 13.5. The first-order valence-electron chi connectivity index (χ1n) is 6.69. The lowest BCUT2D eigenvalue weighted by molar-refractivity contribution is 0.0454. The minimum atomic E-state index is 0.401. The molecule has 0 atom stereocenters. The van der Waals surface area contributed by atoms with Crippen molar-refractivity contribution in [3.05, 3.63) is 0 Å². The Morgan fingerprint density at radius 3 is 2.74 bits per heavy atom. The van der Waals surface area contributed by atoms with Crippen LogP contribution in [0.15, 0.2) is 5.16 Å². The number of rotatable bonds is 8. The van der Waals surface area contributed by atoms with E-state index in [0.29, 0.717) is 29.0 Å². The van der Waals surface area contributed by atoms with Crippen LogP contribution in [0, 0.1) is 0 Å². The molecule has 0 unspecified atom stereocenters. The smallest absolute Gasteiger partial charge is 0.322 e. The van der Waals surface area contributed by atoms with Crippen LogP contribution in [0.1, 0.15) is 26.7 Å². The van der Waals surface area contributed by atoms with Gasteiger partial charge in [0.05, 0.1) is 25.1 Å². The summed E-state index contributed by atoms with van der Waals surface area (Å²) < 4.78 is 10.7. The summed E-state index contributed by atoms with van der Waals surface area (Å²) in [5.41, 5.74) is 0. The third kappa shape index (κ3) is 4.50. The summed E-state index contributed by atoms with van der Waals surface area (Å²) in [6, 6.07) is 0.401. The number of hydrogen-bond donors (Lipinski definition) is 1. The van der Waals surface area contributed by atoms with Crippen LogP contribution in [-0.2, 0) is 4.74 Å². The number of aromatic nitrogens is 3. The van der Waals surface area contributed by atoms with Crippen molar-refractivity contribution in [1.82, 2.24) is 15.0 Å². The standard InChI is InChI=1S/C12H20N4O2S/c1-3-5-13-10-14-11(18-6-4-2)16-12(15-10)19-9-7-17-8-9/h9H,3-8H2,1-2H3,(H,13,14,15,16). The Bertz CT molecular complexity index is 375. The highest BCUT2D eigenvalue weighted by Crippen LogP contribution is 2.26. The van der Waals surface area contributed by atoms with Gasteiger partial charge in [-0.05, 0) is 12.8 Å². The zero-order valence-corrected chi connectivity index (χ0v) is 12.2. The molecule has 1 aliphatic heterocycles. The quantitative estimate of drug-likeness (QED) is 0.782. The average molecular weight is 284 g/mol. The van der Waals surface area contributed by atoms with Gasteiger partial charge in [-0.3, -0.25) is 0 Å². The molecule has 19 heavy (non-hydrogen) atoms. The molecule has 0 radical (unpaired) electrons. The highest BCUT2D eigenvalue weighted by atomic mass is 32.2. The van der Waals surface area contributed by atoms with E-state index in [4.69, 9.17) is 9.47 Å². The van der Waals surface area contributed by atoms with E-state index < -0.39 is 0 Å². The minimum absolute atomic E-state index is 0.401. The largest absolute Gasteiger partial charge is 0.463 e. The summed E-state index contributed by atoms with van der Waals surface area (Å²) in [4.78, 5) is 13.0. The molecule has 1 aliphatic rings. The maximum absolute atomic E-state index is 5.50. The second kappa shape index (κ2) is 7.49. The van der Waals surface area contributed by atoms with Crippen LogP contribution < -0.4 is 10.1 Å². The van der Waals surface area contributed by atoms with Gasteiger partial charge in [0.1, 0.15) is 0 Å². The molecule has 0 aromatic carbocycles. The lowest BCUT2D eigenvalue weighted by Crippen LogP contribution is -2.30. The SMILES string of the molecule is CCCNc1nc(OCCC)nc(SC2COC2)n1. The fraction of sp³-hybridized carbons (Fsp3) is 0.750. The normalized spacial score (nSPS) is 15.1. The van der Waals surface area contributed by atoms with E-state index in [9.17, 15) is 0 Å². The van der Waals surface area contributed by atoms with Crippen molar-refractivity contribution in [3.8, 4) is 6.01 Å². The molecule has 2 rings (SSSR count). The van der Waals surface area contributed by atoms with Crippen LogP contribution in [0.25, 0.3) is 0 Å². The summed E-state index contributed by atoms with van der Waals surface area (Å²) in [5, 5.41) is 4.32. The van der Waals surface area contributed by atoms with Crippen LogP contribution in [0.4, 0.5) is 5.95 Å². The van der Waals surface area contributed by atoms with Crippen LogP contribution in [0.3, 0.4) is 0 Å². The Balaban J connectivity index is 2.05. The molecule has 1 aromatic heterocycles. The molecule has 1 fully saturated rings. The molecule has 106 valence electrons. The van der Waals surface area contributed by atoms with E-state index in [-0.39, 0.29) is 0 Å². The molecule has 0 spiro atoms. The van der Waals surface area contributed by atoms with Crippen molar-refractivity contribution < 1.29 is 9.47 Å². The molecule has 2 heterocycles. The third-order valence-electron chi connectivity index (χ3n) is 2.44. The van der Waals surface area contributed by atoms with Gasteiger partial charge in [0.25, 0.3) is 0 Å². The first kappa shape index (κ1) is 14.3. The van der Waals surface area contributed by atoms with Crippen LogP contribution in [0.5, 0.6) is 6.01 Å². The second-order valence-corrected chi connectivity index (χ2v) is 5.54. The molecule has 0 bridgehead atoms. The van der Waals surface area contributed by atoms with Crippen molar-refractivity contribution in [2.45, 2.75) is 37.1 Å². The summed E-state index contributed by atoms with van der Waals surface area (Å²) in [6.45, 7) is 7.14. The first-order chi connectivity index (χ1) is 9.31. The molecule has 1 aromatic rings.